The molecule has 0 radical (unpaired) electrons. The van der Waals surface area contributed by atoms with Crippen LogP contribution in [-0.4, -0.2) is 51.7 Å². The number of carbonyl (C=O) groups excluding carboxylic acids is 1. The molecule has 1 saturated heterocycles. The van der Waals surface area contributed by atoms with Crippen molar-refractivity contribution in [2.45, 2.75) is 25.6 Å². The van der Waals surface area contributed by atoms with Crippen LogP contribution >= 0.6 is 7.60 Å². The summed E-state index contributed by atoms with van der Waals surface area (Å²) in [6.07, 6.45) is -1.81. The van der Waals surface area contributed by atoms with Gasteiger partial charge in [0.2, 0.25) is 0 Å². The molecule has 1 fully saturated rings. The molecule has 0 amide bonds. The quantitative estimate of drug-likeness (QED) is 0.528. The number of anilines is 1. The second-order valence-electron chi connectivity index (χ2n) is 6.88. The van der Waals surface area contributed by atoms with E-state index in [2.05, 4.69) is 14.7 Å². The van der Waals surface area contributed by atoms with Gasteiger partial charge < -0.3 is 19.4 Å². The fourth-order valence-corrected chi connectivity index (χ4v) is 4.13. The average molecular weight is 433 g/mol. The summed E-state index contributed by atoms with van der Waals surface area (Å²) in [5.41, 5.74) is 0.0471. The van der Waals surface area contributed by atoms with Crippen molar-refractivity contribution in [1.82, 2.24) is 9.97 Å². The Hall–Kier alpha value is -2.23. The predicted molar refractivity (Wildman–Crippen MR) is 98.1 cm³/mol. The first kappa shape index (κ1) is 21.5. The van der Waals surface area contributed by atoms with Crippen molar-refractivity contribution in [1.29, 1.82) is 0 Å². The van der Waals surface area contributed by atoms with E-state index in [9.17, 15) is 22.5 Å². The van der Waals surface area contributed by atoms with Crippen LogP contribution in [0.5, 0.6) is 5.75 Å². The maximum atomic E-state index is 12.7. The highest BCUT2D eigenvalue weighted by Crippen LogP contribution is 2.38. The number of halogens is 3. The number of hydrogen-bond acceptors (Lipinski definition) is 6. The molecule has 29 heavy (non-hydrogen) atoms. The van der Waals surface area contributed by atoms with Crippen LogP contribution in [-0.2, 0) is 4.57 Å². The minimum absolute atomic E-state index is 0.151. The van der Waals surface area contributed by atoms with Crippen LogP contribution in [0.3, 0.4) is 0 Å². The summed E-state index contributed by atoms with van der Waals surface area (Å²) in [6.45, 7) is 1.06. The number of fused-ring (bicyclic) bond motifs is 1. The number of piperidine rings is 1. The number of alkyl halides is 3. The average Bonchev–Trinajstić information content (AvgIpc) is 2.64. The van der Waals surface area contributed by atoms with E-state index >= 15 is 0 Å². The Morgan fingerprint density at radius 1 is 1.24 bits per heavy atom. The van der Waals surface area contributed by atoms with E-state index in [4.69, 9.17) is 9.79 Å². The molecule has 1 aromatic carbocycles. The molecule has 0 unspecified atom stereocenters. The molecule has 0 spiro atoms. The smallest absolute Gasteiger partial charge is 0.405 e. The van der Waals surface area contributed by atoms with Gasteiger partial charge in [-0.15, -0.1) is 13.2 Å². The van der Waals surface area contributed by atoms with Gasteiger partial charge in [-0.1, -0.05) is 0 Å². The summed E-state index contributed by atoms with van der Waals surface area (Å²) in [5.74, 6) is -0.0433. The van der Waals surface area contributed by atoms with Gasteiger partial charge in [-0.05, 0) is 37.3 Å². The third-order valence-corrected chi connectivity index (χ3v) is 5.68. The Balaban J connectivity index is 1.84. The van der Waals surface area contributed by atoms with E-state index < -0.39 is 19.7 Å². The van der Waals surface area contributed by atoms with Gasteiger partial charge in [0.05, 0.1) is 17.2 Å². The zero-order valence-corrected chi connectivity index (χ0v) is 16.1. The normalized spacial score (nSPS) is 16.2. The van der Waals surface area contributed by atoms with Gasteiger partial charge in [-0.3, -0.25) is 9.36 Å². The Morgan fingerprint density at radius 3 is 2.52 bits per heavy atom. The monoisotopic (exact) mass is 433 g/mol. The molecule has 3 rings (SSSR count). The second kappa shape index (κ2) is 8.25. The number of rotatable bonds is 6. The van der Waals surface area contributed by atoms with Crippen LogP contribution in [0.2, 0.25) is 0 Å². The molecule has 8 nitrogen and oxygen atoms in total. The van der Waals surface area contributed by atoms with Crippen LogP contribution in [0.4, 0.5) is 19.0 Å². The van der Waals surface area contributed by atoms with Crippen LogP contribution in [0, 0.1) is 5.92 Å². The largest absolute Gasteiger partial charge is 0.573 e. The van der Waals surface area contributed by atoms with Crippen LogP contribution in [0.1, 0.15) is 29.6 Å². The lowest BCUT2D eigenvalue weighted by Crippen LogP contribution is -2.34. The van der Waals surface area contributed by atoms with Crippen molar-refractivity contribution < 1.29 is 37.1 Å². The number of carbonyl (C=O) groups is 1. The molecule has 0 aliphatic carbocycles. The predicted octanol–water partition coefficient (Wildman–Crippen LogP) is 3.13. The van der Waals surface area contributed by atoms with Crippen molar-refractivity contribution in [3.63, 3.8) is 0 Å². The van der Waals surface area contributed by atoms with Gasteiger partial charge in [-0.2, -0.15) is 0 Å². The minimum Gasteiger partial charge on any atom is -0.405 e. The molecule has 2 aromatic rings. The maximum Gasteiger partial charge on any atom is 0.573 e. The lowest BCUT2D eigenvalue weighted by atomic mass is 9.94. The first-order valence-corrected chi connectivity index (χ1v) is 10.6. The molecular weight excluding hydrogens is 414 g/mol. The molecule has 1 aromatic heterocycles. The molecule has 158 valence electrons. The van der Waals surface area contributed by atoms with E-state index in [1.807, 2.05) is 4.90 Å². The van der Waals surface area contributed by atoms with Gasteiger partial charge in [-0.25, -0.2) is 9.97 Å². The minimum atomic E-state index is -4.95. The molecule has 1 aliphatic heterocycles. The number of ether oxygens (including phenoxy) is 1. The van der Waals surface area contributed by atoms with Crippen LogP contribution in [0.25, 0.3) is 10.9 Å². The molecule has 0 saturated carbocycles. The van der Waals surface area contributed by atoms with E-state index in [1.165, 1.54) is 12.4 Å². The molecule has 1 aliphatic rings. The summed E-state index contributed by atoms with van der Waals surface area (Å²) in [4.78, 5) is 39.3. The first-order chi connectivity index (χ1) is 13.6. The van der Waals surface area contributed by atoms with Crippen LogP contribution in [0.15, 0.2) is 18.5 Å². The number of hydrogen-bond donors (Lipinski definition) is 2. The molecule has 2 N–H and O–H groups in total. The van der Waals surface area contributed by atoms with Crippen molar-refractivity contribution >= 4 is 30.6 Å². The highest BCUT2D eigenvalue weighted by atomic mass is 31.2. The zero-order valence-electron chi connectivity index (χ0n) is 15.2. The number of aldehydes is 1. The topological polar surface area (TPSA) is 113 Å². The molecular formula is C17H19F3N3O5P. The zero-order chi connectivity index (χ0) is 21.2. The van der Waals surface area contributed by atoms with Crippen LogP contribution < -0.4 is 9.64 Å². The second-order valence-corrected chi connectivity index (χ2v) is 8.65. The van der Waals surface area contributed by atoms with E-state index in [0.29, 0.717) is 49.1 Å². The van der Waals surface area contributed by atoms with Gasteiger partial charge in [0.25, 0.3) is 0 Å². The van der Waals surface area contributed by atoms with Gasteiger partial charge in [0, 0.05) is 18.5 Å². The Kier molecular flexibility index (Phi) is 6.11. The van der Waals surface area contributed by atoms with E-state index in [1.54, 1.807) is 0 Å². The molecule has 2 heterocycles. The summed E-state index contributed by atoms with van der Waals surface area (Å²) >= 11 is 0. The van der Waals surface area contributed by atoms with Crippen molar-refractivity contribution in [2.24, 2.45) is 5.92 Å². The van der Waals surface area contributed by atoms with E-state index in [0.717, 1.165) is 6.07 Å². The standard InChI is InChI=1S/C17H19F3N3O5P/c18-17(19,20)28-15-8-13-14(7-12(15)9-24)21-10-22-16(13)23-4-1-11(2-5-23)3-6-29(25,26)27/h7-11H,1-6H2,(H2,25,26,27). The van der Waals surface area contributed by atoms with Crippen molar-refractivity contribution in [3.05, 3.63) is 24.0 Å². The Labute approximate surface area is 163 Å². The molecule has 0 atom stereocenters. The lowest BCUT2D eigenvalue weighted by Gasteiger charge is -2.33. The fourth-order valence-electron chi connectivity index (χ4n) is 3.43. The lowest BCUT2D eigenvalue weighted by molar-refractivity contribution is -0.274. The summed E-state index contributed by atoms with van der Waals surface area (Å²) in [6, 6.07) is 2.34. The van der Waals surface area contributed by atoms with Crippen molar-refractivity contribution in [2.75, 3.05) is 24.2 Å². The SMILES string of the molecule is O=Cc1cc2ncnc(N3CCC(CCP(=O)(O)O)CC3)c2cc1OC(F)(F)F. The van der Waals surface area contributed by atoms with Gasteiger partial charge >= 0.3 is 14.0 Å². The third kappa shape index (κ3) is 5.65. The molecule has 0 bridgehead atoms. The summed E-state index contributed by atoms with van der Waals surface area (Å²) in [5, 5.41) is 0.325. The van der Waals surface area contributed by atoms with Gasteiger partial charge in [0.1, 0.15) is 17.9 Å². The summed E-state index contributed by atoms with van der Waals surface area (Å²) < 4.78 is 53.0. The Bertz CT molecular complexity index is 942. The van der Waals surface area contributed by atoms with Crippen molar-refractivity contribution in [3.8, 4) is 5.75 Å². The first-order valence-electron chi connectivity index (χ1n) is 8.85. The van der Waals surface area contributed by atoms with Gasteiger partial charge in [0.15, 0.2) is 6.29 Å². The van der Waals surface area contributed by atoms with E-state index in [-0.39, 0.29) is 23.9 Å². The Morgan fingerprint density at radius 2 is 1.93 bits per heavy atom. The number of benzene rings is 1. The number of aromatic nitrogens is 2. The highest BCUT2D eigenvalue weighted by molar-refractivity contribution is 7.51. The molecule has 12 heteroatoms. The highest BCUT2D eigenvalue weighted by Gasteiger charge is 2.33. The fraction of sp³-hybridized carbons (Fsp3) is 0.471. The summed E-state index contributed by atoms with van der Waals surface area (Å²) in [7, 11) is -4.04. The third-order valence-electron chi connectivity index (χ3n) is 4.84. The number of nitrogens with zero attached hydrogens (tertiary/aromatic N) is 3. The maximum absolute atomic E-state index is 12.7.